The van der Waals surface area contributed by atoms with Crippen molar-refractivity contribution in [3.05, 3.63) is 68.8 Å². The van der Waals surface area contributed by atoms with E-state index in [1.165, 1.54) is 19.3 Å². The van der Waals surface area contributed by atoms with E-state index in [9.17, 15) is 24.6 Å². The van der Waals surface area contributed by atoms with Gasteiger partial charge in [-0.25, -0.2) is 0 Å². The van der Waals surface area contributed by atoms with Crippen molar-refractivity contribution in [1.82, 2.24) is 10.2 Å². The minimum absolute atomic E-state index is 0.0520. The Balaban J connectivity index is 1.72. The molecule has 4 rings (SSSR count). The summed E-state index contributed by atoms with van der Waals surface area (Å²) in [5, 5.41) is 23.6. The van der Waals surface area contributed by atoms with Gasteiger partial charge < -0.3 is 34.6 Å². The fourth-order valence-electron chi connectivity index (χ4n) is 4.93. The molecule has 2 aliphatic rings. The van der Waals surface area contributed by atoms with E-state index in [0.717, 1.165) is 12.0 Å². The van der Waals surface area contributed by atoms with Gasteiger partial charge in [0.2, 0.25) is 5.91 Å². The molecule has 1 saturated heterocycles. The Hall–Kier alpha value is -3.00. The van der Waals surface area contributed by atoms with E-state index >= 15 is 0 Å². The Bertz CT molecular complexity index is 1230. The number of halogens is 1. The lowest BCUT2D eigenvalue weighted by atomic mass is 9.87. The molecule has 1 unspecified atom stereocenters. The Morgan fingerprint density at radius 2 is 2.02 bits per heavy atom. The third-order valence-corrected chi connectivity index (χ3v) is 7.74. The van der Waals surface area contributed by atoms with Gasteiger partial charge in [0.1, 0.15) is 24.6 Å². The van der Waals surface area contributed by atoms with Crippen LogP contribution in [0.3, 0.4) is 0 Å². The summed E-state index contributed by atoms with van der Waals surface area (Å²) in [5.41, 5.74) is 1.57. The van der Waals surface area contributed by atoms with Crippen molar-refractivity contribution < 1.29 is 38.8 Å². The molecule has 2 aromatic carbocycles. The number of methoxy groups -OCH3 is 1. The minimum Gasteiger partial charge on any atom is -0.493 e. The van der Waals surface area contributed by atoms with Crippen LogP contribution in [0.4, 0.5) is 0 Å². The highest BCUT2D eigenvalue weighted by atomic mass is 127. The van der Waals surface area contributed by atoms with Crippen molar-refractivity contribution in [3.63, 3.8) is 0 Å². The van der Waals surface area contributed by atoms with Crippen LogP contribution >= 0.6 is 22.6 Å². The number of hydrogen-bond donors (Lipinski definition) is 3. The number of carbonyl (C=O) groups is 3. The number of ether oxygens (including phenoxy) is 3. The highest BCUT2D eigenvalue weighted by molar-refractivity contribution is 14.1. The number of aliphatic hydroxyl groups is 2. The monoisotopic (exact) mass is 664 g/mol. The lowest BCUT2D eigenvalue weighted by Gasteiger charge is -2.41. The second kappa shape index (κ2) is 14.1. The normalized spacial score (nSPS) is 22.2. The van der Waals surface area contributed by atoms with Gasteiger partial charge in [-0.1, -0.05) is 30.3 Å². The van der Waals surface area contributed by atoms with Crippen molar-refractivity contribution >= 4 is 40.7 Å². The van der Waals surface area contributed by atoms with Crippen LogP contribution in [0.2, 0.25) is 0 Å². The Kier molecular flexibility index (Phi) is 10.5. The summed E-state index contributed by atoms with van der Waals surface area (Å²) in [5.74, 6) is -0.102. The first kappa shape index (κ1) is 30.0. The van der Waals surface area contributed by atoms with Crippen LogP contribution in [-0.4, -0.2) is 84.4 Å². The first-order valence-electron chi connectivity index (χ1n) is 13.1. The van der Waals surface area contributed by atoms with Crippen LogP contribution in [-0.2, 0) is 20.9 Å². The molecule has 1 heterocycles. The zero-order valence-electron chi connectivity index (χ0n) is 22.1. The Morgan fingerprint density at radius 3 is 2.67 bits per heavy atom. The van der Waals surface area contributed by atoms with Gasteiger partial charge in [-0.2, -0.15) is 0 Å². The lowest BCUT2D eigenvalue weighted by molar-refractivity contribution is -0.149. The molecule has 0 bridgehead atoms. The molecular weight excluding hydrogens is 631 g/mol. The summed E-state index contributed by atoms with van der Waals surface area (Å²) >= 11 is 2.01. The number of rotatable bonds is 11. The number of nitrogens with one attached hydrogen (secondary N) is 1. The van der Waals surface area contributed by atoms with Gasteiger partial charge in [0.05, 0.1) is 23.3 Å². The standard InChI is InChI=1S/C29H33IN2O8/c1-38-25-13-19(17-34)12-21(30)27(25)40-24-15-20(28(36)31-9-10-33)14-22(26(24)35)32(16-18-6-3-2-4-7-18)29(37)23-8-5-11-39-23/h2-4,6-7,12-13,15,17,22-24,26,33,35H,5,8-11,14,16H2,1H3,(H,31,36)/t22-,23?,24+,26+/m1/s1. The summed E-state index contributed by atoms with van der Waals surface area (Å²) in [6.45, 7) is 0.504. The topological polar surface area (TPSA) is 135 Å². The van der Waals surface area contributed by atoms with Gasteiger partial charge in [-0.3, -0.25) is 14.4 Å². The van der Waals surface area contributed by atoms with Crippen LogP contribution in [0, 0.1) is 3.57 Å². The van der Waals surface area contributed by atoms with Crippen LogP contribution in [0.25, 0.3) is 0 Å². The van der Waals surface area contributed by atoms with Crippen molar-refractivity contribution in [2.24, 2.45) is 0 Å². The van der Waals surface area contributed by atoms with E-state index in [-0.39, 0.29) is 32.0 Å². The van der Waals surface area contributed by atoms with Gasteiger partial charge >= 0.3 is 0 Å². The average molecular weight is 664 g/mol. The van der Waals surface area contributed by atoms with Crippen molar-refractivity contribution in [2.75, 3.05) is 26.9 Å². The van der Waals surface area contributed by atoms with E-state index in [4.69, 9.17) is 14.2 Å². The van der Waals surface area contributed by atoms with Crippen molar-refractivity contribution in [2.45, 2.75) is 50.2 Å². The van der Waals surface area contributed by atoms with E-state index in [1.54, 1.807) is 11.0 Å². The maximum atomic E-state index is 13.8. The molecule has 0 radical (unpaired) electrons. The zero-order valence-corrected chi connectivity index (χ0v) is 24.3. The molecule has 1 fully saturated rings. The minimum atomic E-state index is -1.21. The third-order valence-electron chi connectivity index (χ3n) is 6.94. The molecule has 1 aliphatic carbocycles. The molecule has 0 saturated carbocycles. The molecule has 0 aromatic heterocycles. The number of aliphatic hydroxyl groups excluding tert-OH is 2. The smallest absolute Gasteiger partial charge is 0.252 e. The fraction of sp³-hybridized carbons (Fsp3) is 0.414. The number of hydrogen-bond acceptors (Lipinski definition) is 8. The van der Waals surface area contributed by atoms with E-state index in [2.05, 4.69) is 5.32 Å². The van der Waals surface area contributed by atoms with Gasteiger partial charge in [0, 0.05) is 37.3 Å². The molecule has 3 N–H and O–H groups in total. The fourth-order valence-corrected chi connectivity index (χ4v) is 5.69. The summed E-state index contributed by atoms with van der Waals surface area (Å²) in [4.78, 5) is 39.8. The van der Waals surface area contributed by atoms with Crippen LogP contribution in [0.1, 0.15) is 35.2 Å². The summed E-state index contributed by atoms with van der Waals surface area (Å²) in [6.07, 6.45) is 0.759. The second-order valence-corrected chi connectivity index (χ2v) is 10.8. The molecule has 2 amide bonds. The van der Waals surface area contributed by atoms with Gasteiger partial charge in [-0.05, 0) is 59.2 Å². The van der Waals surface area contributed by atoms with E-state index < -0.39 is 30.3 Å². The molecule has 11 heteroatoms. The van der Waals surface area contributed by atoms with Crippen molar-refractivity contribution in [1.29, 1.82) is 0 Å². The molecule has 40 heavy (non-hydrogen) atoms. The molecular formula is C29H33IN2O8. The largest absolute Gasteiger partial charge is 0.493 e. The SMILES string of the molecule is COc1cc(C=O)cc(I)c1O[C@H]1C=C(C(=O)NCCO)C[C@@H](N(Cc2ccccc2)C(=O)C2CCCO2)[C@@H]1O. The number of benzene rings is 2. The maximum absolute atomic E-state index is 13.8. The number of nitrogens with zero attached hydrogens (tertiary/aromatic N) is 1. The predicted octanol–water partition coefficient (Wildman–Crippen LogP) is 2.24. The maximum Gasteiger partial charge on any atom is 0.252 e. The van der Waals surface area contributed by atoms with Crippen molar-refractivity contribution in [3.8, 4) is 11.5 Å². The molecule has 4 atom stereocenters. The lowest BCUT2D eigenvalue weighted by Crippen LogP contribution is -2.56. The Labute approximate surface area is 246 Å². The van der Waals surface area contributed by atoms with E-state index in [1.807, 2.05) is 52.9 Å². The summed E-state index contributed by atoms with van der Waals surface area (Å²) < 4.78 is 18.0. The second-order valence-electron chi connectivity index (χ2n) is 9.62. The number of carbonyl (C=O) groups excluding carboxylic acids is 3. The molecule has 1 aliphatic heterocycles. The zero-order chi connectivity index (χ0) is 28.6. The highest BCUT2D eigenvalue weighted by Crippen LogP contribution is 2.37. The van der Waals surface area contributed by atoms with E-state index in [0.29, 0.717) is 45.5 Å². The quantitative estimate of drug-likeness (QED) is 0.246. The Morgan fingerprint density at radius 1 is 1.25 bits per heavy atom. The van der Waals surface area contributed by atoms with Gasteiger partial charge in [-0.15, -0.1) is 0 Å². The van der Waals surface area contributed by atoms with Crippen LogP contribution < -0.4 is 14.8 Å². The average Bonchev–Trinajstić information content (AvgIpc) is 3.52. The summed E-state index contributed by atoms with van der Waals surface area (Å²) in [7, 11) is 1.44. The van der Waals surface area contributed by atoms with Gasteiger partial charge in [0.15, 0.2) is 11.5 Å². The first-order valence-corrected chi connectivity index (χ1v) is 14.2. The summed E-state index contributed by atoms with van der Waals surface area (Å²) in [6, 6.07) is 11.7. The molecule has 2 aromatic rings. The highest BCUT2D eigenvalue weighted by Gasteiger charge is 2.43. The predicted molar refractivity (Wildman–Crippen MR) is 154 cm³/mol. The van der Waals surface area contributed by atoms with Crippen LogP contribution in [0.5, 0.6) is 11.5 Å². The molecule has 0 spiro atoms. The third kappa shape index (κ3) is 7.00. The number of aldehydes is 1. The number of amides is 2. The first-order chi connectivity index (χ1) is 19.4. The van der Waals surface area contributed by atoms with Crippen LogP contribution in [0.15, 0.2) is 54.1 Å². The molecule has 214 valence electrons. The van der Waals surface area contributed by atoms with Gasteiger partial charge in [0.25, 0.3) is 5.91 Å². The molecule has 10 nitrogen and oxygen atoms in total.